The second-order valence-electron chi connectivity index (χ2n) is 8.19. The van der Waals surface area contributed by atoms with Gasteiger partial charge in [-0.1, -0.05) is 36.0 Å². The van der Waals surface area contributed by atoms with Gasteiger partial charge in [0.05, 0.1) is 6.54 Å². The third-order valence-corrected chi connectivity index (χ3v) is 6.41. The molecule has 1 aromatic heterocycles. The molecule has 2 fully saturated rings. The van der Waals surface area contributed by atoms with Crippen LogP contribution in [0.3, 0.4) is 0 Å². The third kappa shape index (κ3) is 5.52. The van der Waals surface area contributed by atoms with Crippen LogP contribution in [0.1, 0.15) is 50.8 Å². The molecule has 0 radical (unpaired) electrons. The molecular weight excluding hydrogens is 400 g/mol. The summed E-state index contributed by atoms with van der Waals surface area (Å²) in [6, 6.07) is 8.65. The van der Waals surface area contributed by atoms with Crippen molar-refractivity contribution in [2.24, 2.45) is 4.99 Å². The van der Waals surface area contributed by atoms with Gasteiger partial charge in [0.15, 0.2) is 5.96 Å². The number of nitrogens with zero attached hydrogens (tertiary/aromatic N) is 4. The Morgan fingerprint density at radius 1 is 1.13 bits per heavy atom. The molecule has 1 saturated carbocycles. The summed E-state index contributed by atoms with van der Waals surface area (Å²) in [4.78, 5) is 11.5. The van der Waals surface area contributed by atoms with Gasteiger partial charge in [-0.15, -0.1) is 0 Å². The first-order valence-electron chi connectivity index (χ1n) is 11.0. The van der Waals surface area contributed by atoms with Gasteiger partial charge >= 0.3 is 0 Å². The number of likely N-dealkylation sites (tertiary alicyclic amines) is 1. The quantitative estimate of drug-likeness (QED) is 0.554. The molecule has 30 heavy (non-hydrogen) atoms. The van der Waals surface area contributed by atoms with Crippen LogP contribution < -0.4 is 10.6 Å². The summed E-state index contributed by atoms with van der Waals surface area (Å²) < 4.78 is 5.37. The minimum Gasteiger partial charge on any atom is -0.354 e. The predicted octanol–water partition coefficient (Wildman–Crippen LogP) is 3.85. The minimum absolute atomic E-state index is 0.432. The number of piperidine rings is 1. The van der Waals surface area contributed by atoms with Gasteiger partial charge in [-0.3, -0.25) is 4.99 Å². The Bertz CT molecular complexity index is 822. The number of guanidine groups is 1. The molecule has 8 heteroatoms. The summed E-state index contributed by atoms with van der Waals surface area (Å²) in [5.41, 5.74) is 0.877. The molecule has 4 rings (SSSR count). The third-order valence-electron chi connectivity index (χ3n) is 6.16. The Kier molecular flexibility index (Phi) is 7.23. The van der Waals surface area contributed by atoms with E-state index in [0.717, 1.165) is 30.4 Å². The molecule has 0 spiro atoms. The predicted molar refractivity (Wildman–Crippen MR) is 120 cm³/mol. The maximum absolute atomic E-state index is 5.94. The fourth-order valence-electron chi connectivity index (χ4n) is 4.45. The second kappa shape index (κ2) is 10.3. The second-order valence-corrected chi connectivity index (χ2v) is 8.63. The summed E-state index contributed by atoms with van der Waals surface area (Å²) in [5.74, 6) is 1.86. The Hall–Kier alpha value is -2.12. The number of halogens is 1. The van der Waals surface area contributed by atoms with Crippen molar-refractivity contribution in [2.45, 2.75) is 63.6 Å². The van der Waals surface area contributed by atoms with Gasteiger partial charge in [-0.25, -0.2) is 0 Å². The molecule has 0 unspecified atom stereocenters. The van der Waals surface area contributed by atoms with Crippen molar-refractivity contribution in [3.8, 4) is 11.4 Å². The monoisotopic (exact) mass is 430 g/mol. The van der Waals surface area contributed by atoms with Crippen molar-refractivity contribution in [1.82, 2.24) is 25.7 Å². The van der Waals surface area contributed by atoms with Crippen LogP contribution in [0.25, 0.3) is 11.4 Å². The van der Waals surface area contributed by atoms with Gasteiger partial charge in [0, 0.05) is 42.8 Å². The number of nitrogens with one attached hydrogen (secondary N) is 2. The van der Waals surface area contributed by atoms with Crippen molar-refractivity contribution >= 4 is 17.6 Å². The summed E-state index contributed by atoms with van der Waals surface area (Å²) >= 11 is 5.94. The summed E-state index contributed by atoms with van der Waals surface area (Å²) in [6.07, 6.45) is 9.27. The Labute approximate surface area is 183 Å². The first-order chi connectivity index (χ1) is 14.7. The molecule has 1 aliphatic carbocycles. The zero-order valence-corrected chi connectivity index (χ0v) is 18.4. The van der Waals surface area contributed by atoms with Crippen LogP contribution >= 0.6 is 11.6 Å². The van der Waals surface area contributed by atoms with E-state index in [2.05, 4.69) is 30.7 Å². The highest BCUT2D eigenvalue weighted by molar-refractivity contribution is 6.30. The highest BCUT2D eigenvalue weighted by Gasteiger charge is 2.26. The topological polar surface area (TPSA) is 78.6 Å². The molecule has 0 atom stereocenters. The lowest BCUT2D eigenvalue weighted by Gasteiger charge is -2.39. The number of aromatic nitrogens is 2. The van der Waals surface area contributed by atoms with E-state index in [4.69, 9.17) is 16.1 Å². The fraction of sp³-hybridized carbons (Fsp3) is 0.591. The molecule has 1 aliphatic heterocycles. The van der Waals surface area contributed by atoms with Crippen LogP contribution in [0.5, 0.6) is 0 Å². The number of hydrogen-bond acceptors (Lipinski definition) is 5. The first-order valence-corrected chi connectivity index (χ1v) is 11.4. The van der Waals surface area contributed by atoms with E-state index in [1.165, 1.54) is 45.2 Å². The zero-order valence-electron chi connectivity index (χ0n) is 17.6. The average molecular weight is 431 g/mol. The number of rotatable bonds is 5. The molecule has 0 bridgehead atoms. The van der Waals surface area contributed by atoms with Gasteiger partial charge in [0.2, 0.25) is 11.7 Å². The lowest BCUT2D eigenvalue weighted by atomic mass is 9.92. The van der Waals surface area contributed by atoms with Gasteiger partial charge in [0.25, 0.3) is 0 Å². The van der Waals surface area contributed by atoms with E-state index in [0.29, 0.717) is 29.3 Å². The largest absolute Gasteiger partial charge is 0.354 e. The molecule has 1 saturated heterocycles. The lowest BCUT2D eigenvalue weighted by molar-refractivity contribution is 0.119. The summed E-state index contributed by atoms with van der Waals surface area (Å²) in [7, 11) is 1.79. The van der Waals surface area contributed by atoms with E-state index in [9.17, 15) is 0 Å². The molecule has 7 nitrogen and oxygen atoms in total. The Morgan fingerprint density at radius 3 is 2.57 bits per heavy atom. The fourth-order valence-corrected chi connectivity index (χ4v) is 4.57. The molecule has 2 N–H and O–H groups in total. The SMILES string of the molecule is CN=C(NCc1nc(-c2ccc(Cl)cc2)no1)NC1CCN(C2CCCCC2)CC1. The van der Waals surface area contributed by atoms with Gasteiger partial charge in [-0.05, 0) is 49.9 Å². The summed E-state index contributed by atoms with van der Waals surface area (Å²) in [5, 5.41) is 11.6. The number of aliphatic imine (C=N–C) groups is 1. The molecule has 2 aromatic rings. The molecular formula is C22H31ClN6O. The van der Waals surface area contributed by atoms with E-state index >= 15 is 0 Å². The van der Waals surface area contributed by atoms with E-state index < -0.39 is 0 Å². The molecule has 2 heterocycles. The normalized spacial score (nSPS) is 19.7. The van der Waals surface area contributed by atoms with Crippen LogP contribution in [0.4, 0.5) is 0 Å². The van der Waals surface area contributed by atoms with E-state index in [1.807, 2.05) is 24.3 Å². The highest BCUT2D eigenvalue weighted by Crippen LogP contribution is 2.25. The maximum atomic E-state index is 5.94. The van der Waals surface area contributed by atoms with Gasteiger partial charge in [-0.2, -0.15) is 4.98 Å². The minimum atomic E-state index is 0.432. The van der Waals surface area contributed by atoms with Gasteiger partial charge in [0.1, 0.15) is 0 Å². The van der Waals surface area contributed by atoms with Crippen molar-refractivity contribution in [1.29, 1.82) is 0 Å². The number of benzene rings is 1. The van der Waals surface area contributed by atoms with Crippen LogP contribution in [0.15, 0.2) is 33.8 Å². The standard InChI is InChI=1S/C22H31ClN6O/c1-24-22(26-18-11-13-29(14-12-18)19-5-3-2-4-6-19)25-15-20-27-21(28-30-20)16-7-9-17(23)10-8-16/h7-10,18-19H,2-6,11-15H2,1H3,(H2,24,25,26). The zero-order chi connectivity index (χ0) is 20.8. The summed E-state index contributed by atoms with van der Waals surface area (Å²) in [6.45, 7) is 2.78. The van der Waals surface area contributed by atoms with Crippen molar-refractivity contribution in [3.05, 3.63) is 35.2 Å². The maximum Gasteiger partial charge on any atom is 0.246 e. The van der Waals surface area contributed by atoms with Crippen molar-refractivity contribution < 1.29 is 4.52 Å². The van der Waals surface area contributed by atoms with Crippen LogP contribution in [0, 0.1) is 0 Å². The van der Waals surface area contributed by atoms with Crippen LogP contribution in [-0.2, 0) is 6.54 Å². The lowest BCUT2D eigenvalue weighted by Crippen LogP contribution is -2.50. The van der Waals surface area contributed by atoms with Gasteiger partial charge < -0.3 is 20.1 Å². The van der Waals surface area contributed by atoms with Crippen molar-refractivity contribution in [3.63, 3.8) is 0 Å². The van der Waals surface area contributed by atoms with E-state index in [1.54, 1.807) is 7.05 Å². The number of hydrogen-bond donors (Lipinski definition) is 2. The average Bonchev–Trinajstić information content (AvgIpc) is 3.27. The molecule has 1 aromatic carbocycles. The highest BCUT2D eigenvalue weighted by atomic mass is 35.5. The van der Waals surface area contributed by atoms with Crippen LogP contribution in [0.2, 0.25) is 5.02 Å². The van der Waals surface area contributed by atoms with E-state index in [-0.39, 0.29) is 0 Å². The van der Waals surface area contributed by atoms with Crippen molar-refractivity contribution in [2.75, 3.05) is 20.1 Å². The first kappa shape index (κ1) is 21.1. The Balaban J connectivity index is 1.23. The molecule has 162 valence electrons. The molecule has 2 aliphatic rings. The molecule has 0 amide bonds. The van der Waals surface area contributed by atoms with Crippen LogP contribution in [-0.4, -0.2) is 53.2 Å². The smallest absolute Gasteiger partial charge is 0.246 e. The Morgan fingerprint density at radius 2 is 1.87 bits per heavy atom.